The number of benzene rings is 1. The van der Waals surface area contributed by atoms with Gasteiger partial charge in [0.25, 0.3) is 0 Å². The number of halogens is 3. The second-order valence-corrected chi connectivity index (χ2v) is 7.57. The largest absolute Gasteiger partial charge is 0.416 e. The maximum Gasteiger partial charge on any atom is 0.416 e. The molecule has 3 atom stereocenters. The summed E-state index contributed by atoms with van der Waals surface area (Å²) < 4.78 is 39.0. The zero-order valence-electron chi connectivity index (χ0n) is 16.2. The van der Waals surface area contributed by atoms with Gasteiger partial charge >= 0.3 is 6.18 Å². The Labute approximate surface area is 159 Å². The maximum atomic E-state index is 13.0. The summed E-state index contributed by atoms with van der Waals surface area (Å²) in [5, 5.41) is 9.15. The zero-order valence-corrected chi connectivity index (χ0v) is 16.2. The van der Waals surface area contributed by atoms with E-state index >= 15 is 0 Å². The van der Waals surface area contributed by atoms with Crippen LogP contribution in [-0.4, -0.2) is 32.6 Å². The summed E-state index contributed by atoms with van der Waals surface area (Å²) in [6.45, 7) is 6.15. The first-order chi connectivity index (χ1) is 12.7. The molecule has 0 saturated carbocycles. The average Bonchev–Trinajstić information content (AvgIpc) is 2.63. The van der Waals surface area contributed by atoms with Crippen LogP contribution in [0.3, 0.4) is 0 Å². The minimum Gasteiger partial charge on any atom is -0.385 e. The van der Waals surface area contributed by atoms with Crippen LogP contribution in [0.2, 0.25) is 0 Å². The number of amides is 1. The molecule has 0 radical (unpaired) electrons. The van der Waals surface area contributed by atoms with Gasteiger partial charge in [0, 0.05) is 31.7 Å². The number of hydrogen-bond donors (Lipinski definition) is 3. The molecule has 0 aliphatic carbocycles. The summed E-state index contributed by atoms with van der Waals surface area (Å²) in [4.78, 5) is 11.7. The number of hydrogen-bond acceptors (Lipinski definition) is 3. The van der Waals surface area contributed by atoms with Gasteiger partial charge in [0.15, 0.2) is 0 Å². The van der Waals surface area contributed by atoms with Crippen molar-refractivity contribution in [2.24, 2.45) is 11.8 Å². The highest BCUT2D eigenvalue weighted by molar-refractivity contribution is 5.76. The summed E-state index contributed by atoms with van der Waals surface area (Å²) in [6.07, 6.45) is -2.01. The third-order valence-corrected chi connectivity index (χ3v) is 5.41. The zero-order chi connectivity index (χ0) is 20.0. The highest BCUT2D eigenvalue weighted by Crippen LogP contribution is 2.40. The van der Waals surface area contributed by atoms with Crippen LogP contribution in [0.25, 0.3) is 0 Å². The molecule has 1 aromatic rings. The number of alkyl halides is 3. The van der Waals surface area contributed by atoms with Crippen molar-refractivity contribution in [2.45, 2.75) is 45.2 Å². The van der Waals surface area contributed by atoms with Gasteiger partial charge in [0.05, 0.1) is 5.56 Å². The highest BCUT2D eigenvalue weighted by Gasteiger charge is 2.33. The molecule has 3 unspecified atom stereocenters. The van der Waals surface area contributed by atoms with E-state index in [2.05, 4.69) is 22.9 Å². The smallest absolute Gasteiger partial charge is 0.385 e. The molecule has 1 aliphatic rings. The van der Waals surface area contributed by atoms with E-state index in [1.807, 2.05) is 14.0 Å². The quantitative estimate of drug-likeness (QED) is 0.634. The van der Waals surface area contributed by atoms with Gasteiger partial charge in [-0.2, -0.15) is 13.2 Å². The number of fused-ring (bicyclic) bond motifs is 1. The second kappa shape index (κ2) is 9.44. The van der Waals surface area contributed by atoms with Gasteiger partial charge in [-0.1, -0.05) is 13.8 Å². The van der Waals surface area contributed by atoms with Crippen LogP contribution in [-0.2, 0) is 11.0 Å². The van der Waals surface area contributed by atoms with Gasteiger partial charge in [0.1, 0.15) is 0 Å². The molecule has 7 heteroatoms. The maximum absolute atomic E-state index is 13.0. The molecule has 1 aliphatic heterocycles. The van der Waals surface area contributed by atoms with Crippen molar-refractivity contribution >= 4 is 11.6 Å². The molecule has 2 rings (SSSR count). The van der Waals surface area contributed by atoms with Gasteiger partial charge in [-0.05, 0) is 61.4 Å². The predicted molar refractivity (Wildman–Crippen MR) is 102 cm³/mol. The van der Waals surface area contributed by atoms with E-state index in [0.29, 0.717) is 25.4 Å². The molecule has 0 aromatic heterocycles. The molecule has 27 heavy (non-hydrogen) atoms. The van der Waals surface area contributed by atoms with Crippen molar-refractivity contribution in [3.63, 3.8) is 0 Å². The van der Waals surface area contributed by atoms with Crippen LogP contribution >= 0.6 is 0 Å². The molecule has 0 spiro atoms. The van der Waals surface area contributed by atoms with Crippen molar-refractivity contribution < 1.29 is 18.0 Å². The second-order valence-electron chi connectivity index (χ2n) is 7.57. The number of anilines is 1. The highest BCUT2D eigenvalue weighted by atomic mass is 19.4. The summed E-state index contributed by atoms with van der Waals surface area (Å²) in [7, 11) is 1.81. The Morgan fingerprint density at radius 2 is 2.11 bits per heavy atom. The molecule has 4 nitrogen and oxygen atoms in total. The van der Waals surface area contributed by atoms with Crippen molar-refractivity contribution in [3.05, 3.63) is 29.3 Å². The fraction of sp³-hybridized carbons (Fsp3) is 0.650. The molecule has 0 bridgehead atoms. The molecule has 3 N–H and O–H groups in total. The molecular weight excluding hydrogens is 355 g/mol. The van der Waals surface area contributed by atoms with E-state index in [-0.39, 0.29) is 17.7 Å². The van der Waals surface area contributed by atoms with Gasteiger partial charge in [-0.25, -0.2) is 0 Å². The number of carbonyl (C=O) groups is 1. The van der Waals surface area contributed by atoms with E-state index in [1.165, 1.54) is 12.1 Å². The predicted octanol–water partition coefficient (Wildman–Crippen LogP) is 3.99. The van der Waals surface area contributed by atoms with Gasteiger partial charge in [0.2, 0.25) is 5.91 Å². The molecule has 1 amide bonds. The third-order valence-electron chi connectivity index (χ3n) is 5.41. The lowest BCUT2D eigenvalue weighted by Crippen LogP contribution is -2.31. The topological polar surface area (TPSA) is 53.2 Å². The van der Waals surface area contributed by atoms with Crippen molar-refractivity contribution in [1.82, 2.24) is 10.6 Å². The first-order valence-electron chi connectivity index (χ1n) is 9.58. The number of rotatable bonds is 8. The molecule has 152 valence electrons. The Kier molecular flexibility index (Phi) is 7.53. The molecular formula is C20H30F3N3O. The van der Waals surface area contributed by atoms with E-state index in [4.69, 9.17) is 0 Å². The Hall–Kier alpha value is -1.76. The van der Waals surface area contributed by atoms with Crippen molar-refractivity contribution in [3.8, 4) is 0 Å². The van der Waals surface area contributed by atoms with Gasteiger partial charge in [-0.3, -0.25) is 4.79 Å². The van der Waals surface area contributed by atoms with E-state index in [0.717, 1.165) is 36.7 Å². The summed E-state index contributed by atoms with van der Waals surface area (Å²) >= 11 is 0. The molecule has 1 heterocycles. The van der Waals surface area contributed by atoms with E-state index in [9.17, 15) is 18.0 Å². The molecule has 1 aromatic carbocycles. The Balaban J connectivity index is 1.87. The Morgan fingerprint density at radius 1 is 1.37 bits per heavy atom. The SMILES string of the molecule is CNCCC(=O)NCC(C)CCC1CNc2ccc(C(F)(F)F)cc2C1C. The number of carbonyl (C=O) groups excluding carboxylic acids is 1. The van der Waals surface area contributed by atoms with Crippen LogP contribution in [0, 0.1) is 11.8 Å². The van der Waals surface area contributed by atoms with Crippen LogP contribution in [0.1, 0.15) is 50.2 Å². The summed E-state index contributed by atoms with van der Waals surface area (Å²) in [5.74, 6) is 0.723. The van der Waals surface area contributed by atoms with E-state index < -0.39 is 11.7 Å². The van der Waals surface area contributed by atoms with Crippen LogP contribution in [0.15, 0.2) is 18.2 Å². The monoisotopic (exact) mass is 385 g/mol. The number of nitrogens with one attached hydrogen (secondary N) is 3. The van der Waals surface area contributed by atoms with E-state index in [1.54, 1.807) is 0 Å². The first kappa shape index (κ1) is 21.5. The fourth-order valence-corrected chi connectivity index (χ4v) is 3.52. The molecule has 0 fully saturated rings. The standard InChI is InChI=1S/C20H30F3N3O/c1-13(11-26-19(27)8-9-24-3)4-5-15-12-25-18-7-6-16(20(21,22)23)10-17(18)14(15)2/h6-7,10,13-15,24-25H,4-5,8-9,11-12H2,1-3H3,(H,26,27). The first-order valence-corrected chi connectivity index (χ1v) is 9.58. The summed E-state index contributed by atoms with van der Waals surface area (Å²) in [6, 6.07) is 3.95. The lowest BCUT2D eigenvalue weighted by Gasteiger charge is -2.33. The lowest BCUT2D eigenvalue weighted by molar-refractivity contribution is -0.137. The minimum absolute atomic E-state index is 0.0394. The third kappa shape index (κ3) is 6.13. The van der Waals surface area contributed by atoms with Gasteiger partial charge < -0.3 is 16.0 Å². The van der Waals surface area contributed by atoms with Crippen molar-refractivity contribution in [2.75, 3.05) is 32.0 Å². The van der Waals surface area contributed by atoms with Gasteiger partial charge in [-0.15, -0.1) is 0 Å². The normalized spacial score (nSPS) is 20.5. The van der Waals surface area contributed by atoms with Crippen LogP contribution in [0.4, 0.5) is 18.9 Å². The van der Waals surface area contributed by atoms with Crippen LogP contribution in [0.5, 0.6) is 0 Å². The average molecular weight is 385 g/mol. The van der Waals surface area contributed by atoms with Crippen molar-refractivity contribution in [1.29, 1.82) is 0 Å². The lowest BCUT2D eigenvalue weighted by atomic mass is 9.79. The minimum atomic E-state index is -4.32. The Bertz CT molecular complexity index is 633. The molecule has 0 saturated heterocycles. The Morgan fingerprint density at radius 3 is 2.78 bits per heavy atom. The summed E-state index contributed by atoms with van der Waals surface area (Å²) in [5.41, 5.74) is 0.957. The van der Waals surface area contributed by atoms with Crippen LogP contribution < -0.4 is 16.0 Å². The fourth-order valence-electron chi connectivity index (χ4n) is 3.52.